The second kappa shape index (κ2) is 3.55. The van der Waals surface area contributed by atoms with Crippen molar-refractivity contribution in [1.29, 1.82) is 0 Å². The van der Waals surface area contributed by atoms with Gasteiger partial charge >= 0.3 is 0 Å². The van der Waals surface area contributed by atoms with Gasteiger partial charge in [-0.1, -0.05) is 11.6 Å². The standard InChI is InChI=1S/C8H6ClF3O/c1-3(13)6-4(10)2-5(11)7(9)8(6)12/h2-3,13H,1H3. The Kier molecular flexibility index (Phi) is 2.83. The van der Waals surface area contributed by atoms with Gasteiger partial charge in [0.25, 0.3) is 0 Å². The molecule has 1 unspecified atom stereocenters. The molecule has 1 atom stereocenters. The van der Waals surface area contributed by atoms with Crippen LogP contribution in [-0.2, 0) is 0 Å². The molecule has 0 heterocycles. The highest BCUT2D eigenvalue weighted by Gasteiger charge is 2.20. The summed E-state index contributed by atoms with van der Waals surface area (Å²) in [5, 5.41) is 8.13. The predicted octanol–water partition coefficient (Wildman–Crippen LogP) is 2.81. The molecule has 0 fully saturated rings. The molecular formula is C8H6ClF3O. The number of halogens is 4. The lowest BCUT2D eigenvalue weighted by atomic mass is 10.1. The summed E-state index contributed by atoms with van der Waals surface area (Å²) in [6, 6.07) is 0.438. The van der Waals surface area contributed by atoms with E-state index >= 15 is 0 Å². The summed E-state index contributed by atoms with van der Waals surface area (Å²) in [5.41, 5.74) is -0.619. The summed E-state index contributed by atoms with van der Waals surface area (Å²) < 4.78 is 38.4. The van der Waals surface area contributed by atoms with Crippen LogP contribution in [0.4, 0.5) is 13.2 Å². The van der Waals surface area contributed by atoms with E-state index in [1.54, 1.807) is 0 Å². The molecule has 1 nitrogen and oxygen atoms in total. The van der Waals surface area contributed by atoms with E-state index in [0.29, 0.717) is 6.07 Å². The first-order valence-corrected chi connectivity index (χ1v) is 3.84. The van der Waals surface area contributed by atoms with Crippen LogP contribution in [0.1, 0.15) is 18.6 Å². The van der Waals surface area contributed by atoms with Crippen LogP contribution in [0.5, 0.6) is 0 Å². The van der Waals surface area contributed by atoms with E-state index in [2.05, 4.69) is 0 Å². The third-order valence-electron chi connectivity index (χ3n) is 1.57. The average Bonchev–Trinajstić information content (AvgIpc) is 1.99. The zero-order valence-electron chi connectivity index (χ0n) is 6.61. The number of aliphatic hydroxyl groups excluding tert-OH is 1. The molecule has 0 aromatic heterocycles. The van der Waals surface area contributed by atoms with Gasteiger partial charge in [0.1, 0.15) is 16.7 Å². The van der Waals surface area contributed by atoms with E-state index in [1.807, 2.05) is 0 Å². The third-order valence-corrected chi connectivity index (χ3v) is 1.91. The van der Waals surface area contributed by atoms with E-state index in [-0.39, 0.29) is 0 Å². The van der Waals surface area contributed by atoms with Gasteiger partial charge in [-0.25, -0.2) is 13.2 Å². The van der Waals surface area contributed by atoms with Gasteiger partial charge in [-0.05, 0) is 6.92 Å². The highest BCUT2D eigenvalue weighted by atomic mass is 35.5. The summed E-state index contributed by atoms with van der Waals surface area (Å²) in [6.45, 7) is 1.16. The van der Waals surface area contributed by atoms with Gasteiger partial charge in [0.15, 0.2) is 5.82 Å². The molecule has 1 aromatic carbocycles. The first-order valence-electron chi connectivity index (χ1n) is 3.46. The van der Waals surface area contributed by atoms with Crippen LogP contribution in [0.2, 0.25) is 5.02 Å². The molecule has 1 rings (SSSR count). The second-order valence-corrected chi connectivity index (χ2v) is 2.94. The van der Waals surface area contributed by atoms with Crippen molar-refractivity contribution in [2.75, 3.05) is 0 Å². The van der Waals surface area contributed by atoms with Crippen LogP contribution in [-0.4, -0.2) is 5.11 Å². The Bertz CT molecular complexity index is 339. The van der Waals surface area contributed by atoms with Crippen LogP contribution < -0.4 is 0 Å². The van der Waals surface area contributed by atoms with Crippen LogP contribution in [0.15, 0.2) is 6.07 Å². The molecule has 0 bridgehead atoms. The number of hydrogen-bond acceptors (Lipinski definition) is 1. The smallest absolute Gasteiger partial charge is 0.153 e. The largest absolute Gasteiger partial charge is 0.388 e. The molecule has 0 saturated carbocycles. The fourth-order valence-electron chi connectivity index (χ4n) is 0.963. The van der Waals surface area contributed by atoms with Crippen molar-refractivity contribution >= 4 is 11.6 Å². The van der Waals surface area contributed by atoms with Gasteiger partial charge in [0, 0.05) is 6.07 Å². The van der Waals surface area contributed by atoms with Crippen molar-refractivity contribution in [2.45, 2.75) is 13.0 Å². The van der Waals surface area contributed by atoms with Gasteiger partial charge in [-0.3, -0.25) is 0 Å². The summed E-state index contributed by atoms with van der Waals surface area (Å²) >= 11 is 5.17. The maximum Gasteiger partial charge on any atom is 0.153 e. The Morgan fingerprint density at radius 3 is 2.31 bits per heavy atom. The van der Waals surface area contributed by atoms with Crippen molar-refractivity contribution < 1.29 is 18.3 Å². The van der Waals surface area contributed by atoms with Gasteiger partial charge in [0.05, 0.1) is 11.7 Å². The Morgan fingerprint density at radius 2 is 1.85 bits per heavy atom. The number of hydrogen-bond donors (Lipinski definition) is 1. The Hall–Kier alpha value is -0.740. The average molecular weight is 211 g/mol. The van der Waals surface area contributed by atoms with Gasteiger partial charge < -0.3 is 5.11 Å². The first kappa shape index (κ1) is 10.3. The van der Waals surface area contributed by atoms with E-state index in [0.717, 1.165) is 6.92 Å². The lowest BCUT2D eigenvalue weighted by molar-refractivity contribution is 0.188. The van der Waals surface area contributed by atoms with Crippen LogP contribution in [0, 0.1) is 17.5 Å². The summed E-state index contributed by atoms with van der Waals surface area (Å²) in [5.74, 6) is -3.58. The van der Waals surface area contributed by atoms with E-state index < -0.39 is 34.1 Å². The summed E-state index contributed by atoms with van der Waals surface area (Å²) in [4.78, 5) is 0. The van der Waals surface area contributed by atoms with E-state index in [4.69, 9.17) is 16.7 Å². The van der Waals surface area contributed by atoms with Crippen molar-refractivity contribution in [1.82, 2.24) is 0 Å². The SMILES string of the molecule is CC(O)c1c(F)cc(F)c(Cl)c1F. The molecule has 0 aliphatic heterocycles. The molecule has 0 radical (unpaired) electrons. The zero-order valence-corrected chi connectivity index (χ0v) is 7.37. The predicted molar refractivity (Wildman–Crippen MR) is 42.0 cm³/mol. The lowest BCUT2D eigenvalue weighted by Gasteiger charge is -2.09. The number of aliphatic hydroxyl groups is 1. The Labute approximate surface area is 77.8 Å². The normalized spacial score (nSPS) is 13.1. The van der Waals surface area contributed by atoms with Crippen LogP contribution in [0.3, 0.4) is 0 Å². The Morgan fingerprint density at radius 1 is 1.31 bits per heavy atom. The van der Waals surface area contributed by atoms with E-state index in [9.17, 15) is 13.2 Å². The fraction of sp³-hybridized carbons (Fsp3) is 0.250. The monoisotopic (exact) mass is 210 g/mol. The third kappa shape index (κ3) is 1.78. The number of rotatable bonds is 1. The molecule has 1 N–H and O–H groups in total. The van der Waals surface area contributed by atoms with Gasteiger partial charge in [0.2, 0.25) is 0 Å². The minimum Gasteiger partial charge on any atom is -0.388 e. The topological polar surface area (TPSA) is 20.2 Å². The fourth-order valence-corrected chi connectivity index (χ4v) is 1.12. The Balaban J connectivity index is 3.44. The molecule has 1 aromatic rings. The lowest BCUT2D eigenvalue weighted by Crippen LogP contribution is -2.02. The summed E-state index contributed by atoms with van der Waals surface area (Å²) in [6.07, 6.45) is -1.36. The van der Waals surface area contributed by atoms with Crippen LogP contribution in [0.25, 0.3) is 0 Å². The highest BCUT2D eigenvalue weighted by Crippen LogP contribution is 2.28. The summed E-state index contributed by atoms with van der Waals surface area (Å²) in [7, 11) is 0. The maximum absolute atomic E-state index is 13.0. The minimum atomic E-state index is -1.36. The molecule has 5 heteroatoms. The molecule has 13 heavy (non-hydrogen) atoms. The van der Waals surface area contributed by atoms with E-state index in [1.165, 1.54) is 0 Å². The van der Waals surface area contributed by atoms with Crippen molar-refractivity contribution in [3.63, 3.8) is 0 Å². The first-order chi connectivity index (χ1) is 5.95. The highest BCUT2D eigenvalue weighted by molar-refractivity contribution is 6.30. The molecule has 0 aliphatic carbocycles. The van der Waals surface area contributed by atoms with Crippen LogP contribution >= 0.6 is 11.6 Å². The molecular weight excluding hydrogens is 205 g/mol. The van der Waals surface area contributed by atoms with Gasteiger partial charge in [-0.2, -0.15) is 0 Å². The quantitative estimate of drug-likeness (QED) is 0.558. The molecule has 0 saturated heterocycles. The molecule has 0 spiro atoms. The number of benzene rings is 1. The van der Waals surface area contributed by atoms with Crippen molar-refractivity contribution in [3.8, 4) is 0 Å². The molecule has 0 aliphatic rings. The molecule has 72 valence electrons. The maximum atomic E-state index is 13.0. The molecule has 0 amide bonds. The van der Waals surface area contributed by atoms with Gasteiger partial charge in [-0.15, -0.1) is 0 Å². The zero-order chi connectivity index (χ0) is 10.2. The second-order valence-electron chi connectivity index (χ2n) is 2.56. The van der Waals surface area contributed by atoms with Crippen molar-refractivity contribution in [3.05, 3.63) is 34.1 Å². The minimum absolute atomic E-state index is 0.438. The van der Waals surface area contributed by atoms with Crippen molar-refractivity contribution in [2.24, 2.45) is 0 Å².